The molecule has 3 rings (SSSR count). The van der Waals surface area contributed by atoms with Gasteiger partial charge in [0.25, 0.3) is 5.91 Å². The van der Waals surface area contributed by atoms with Crippen molar-refractivity contribution in [1.82, 2.24) is 9.88 Å². The number of amides is 1. The van der Waals surface area contributed by atoms with Gasteiger partial charge in [-0.05, 0) is 63.1 Å². The predicted octanol–water partition coefficient (Wildman–Crippen LogP) is 3.61. The number of hydrogen-bond acceptors (Lipinski definition) is 4. The maximum atomic E-state index is 12.7. The minimum Gasteiger partial charge on any atom is -0.491 e. The van der Waals surface area contributed by atoms with Crippen LogP contribution < -0.4 is 9.64 Å². The molecule has 1 aromatic carbocycles. The number of hydrogen-bond donors (Lipinski definition) is 0. The number of ether oxygens (including phenoxy) is 1. The van der Waals surface area contributed by atoms with Gasteiger partial charge in [0.05, 0.1) is 6.10 Å². The van der Waals surface area contributed by atoms with Crippen LogP contribution in [0.4, 0.5) is 5.82 Å². The molecule has 1 aromatic heterocycles. The van der Waals surface area contributed by atoms with Crippen LogP contribution in [0.1, 0.15) is 37.0 Å². The highest BCUT2D eigenvalue weighted by Crippen LogP contribution is 2.22. The highest BCUT2D eigenvalue weighted by Gasteiger charge is 2.26. The summed E-state index contributed by atoms with van der Waals surface area (Å²) in [4.78, 5) is 21.3. The van der Waals surface area contributed by atoms with Crippen LogP contribution >= 0.6 is 0 Å². The van der Waals surface area contributed by atoms with E-state index in [1.54, 1.807) is 0 Å². The molecule has 0 bridgehead atoms. The maximum absolute atomic E-state index is 12.7. The number of benzene rings is 1. The summed E-state index contributed by atoms with van der Waals surface area (Å²) >= 11 is 0. The first-order valence-corrected chi connectivity index (χ1v) is 9.24. The highest BCUT2D eigenvalue weighted by atomic mass is 16.5. The molecule has 0 aliphatic carbocycles. The number of aromatic nitrogens is 1. The van der Waals surface area contributed by atoms with Gasteiger partial charge in [-0.3, -0.25) is 4.79 Å². The van der Waals surface area contributed by atoms with Crippen molar-refractivity contribution < 1.29 is 9.53 Å². The Morgan fingerprint density at radius 2 is 1.85 bits per heavy atom. The fourth-order valence-electron chi connectivity index (χ4n) is 3.34. The second-order valence-electron chi connectivity index (χ2n) is 7.01. The fraction of sp³-hybridized carbons (Fsp3) is 0.429. The topological polar surface area (TPSA) is 45.7 Å². The van der Waals surface area contributed by atoms with Crippen molar-refractivity contribution >= 4 is 11.7 Å². The molecule has 1 saturated heterocycles. The van der Waals surface area contributed by atoms with E-state index in [0.717, 1.165) is 43.1 Å². The molecule has 2 heterocycles. The van der Waals surface area contributed by atoms with Gasteiger partial charge < -0.3 is 14.5 Å². The third-order valence-electron chi connectivity index (χ3n) is 4.78. The molecule has 0 radical (unpaired) electrons. The van der Waals surface area contributed by atoms with Gasteiger partial charge in [-0.1, -0.05) is 6.07 Å². The SMILES string of the molecule is CC(C)Oc1ccc(C(=O)N2CCC(N(C)c3ccccn3)CC2)cc1. The minimum atomic E-state index is 0.0973. The quantitative estimate of drug-likeness (QED) is 0.824. The van der Waals surface area contributed by atoms with Crippen LogP contribution in [-0.4, -0.2) is 48.1 Å². The Hall–Kier alpha value is -2.56. The average Bonchev–Trinajstić information content (AvgIpc) is 2.68. The van der Waals surface area contributed by atoms with Gasteiger partial charge in [0.1, 0.15) is 11.6 Å². The minimum absolute atomic E-state index is 0.0973. The van der Waals surface area contributed by atoms with Gasteiger partial charge in [0.2, 0.25) is 0 Å². The van der Waals surface area contributed by atoms with Gasteiger partial charge in [0, 0.05) is 37.9 Å². The lowest BCUT2D eigenvalue weighted by Crippen LogP contribution is -2.45. The van der Waals surface area contributed by atoms with Crippen molar-refractivity contribution in [3.8, 4) is 5.75 Å². The van der Waals surface area contributed by atoms with E-state index in [0.29, 0.717) is 6.04 Å². The standard InChI is InChI=1S/C21H27N3O2/c1-16(2)26-19-9-7-17(8-10-19)21(25)24-14-11-18(12-15-24)23(3)20-6-4-5-13-22-20/h4-10,13,16,18H,11-12,14-15H2,1-3H3. The molecule has 1 aliphatic rings. The van der Waals surface area contributed by atoms with E-state index >= 15 is 0 Å². The van der Waals surface area contributed by atoms with E-state index in [2.05, 4.69) is 16.9 Å². The lowest BCUT2D eigenvalue weighted by Gasteiger charge is -2.37. The summed E-state index contributed by atoms with van der Waals surface area (Å²) in [7, 11) is 2.08. The number of carbonyl (C=O) groups excluding carboxylic acids is 1. The average molecular weight is 353 g/mol. The molecular formula is C21H27N3O2. The van der Waals surface area contributed by atoms with E-state index in [9.17, 15) is 4.79 Å². The number of carbonyl (C=O) groups is 1. The monoisotopic (exact) mass is 353 g/mol. The summed E-state index contributed by atoms with van der Waals surface area (Å²) in [6, 6.07) is 13.8. The van der Waals surface area contributed by atoms with Crippen molar-refractivity contribution in [2.45, 2.75) is 38.8 Å². The molecule has 138 valence electrons. The number of pyridine rings is 1. The Balaban J connectivity index is 1.56. The Bertz CT molecular complexity index is 708. The van der Waals surface area contributed by atoms with Crippen molar-refractivity contribution in [2.75, 3.05) is 25.0 Å². The molecule has 2 aromatic rings. The number of rotatable bonds is 5. The summed E-state index contributed by atoms with van der Waals surface area (Å²) < 4.78 is 5.64. The summed E-state index contributed by atoms with van der Waals surface area (Å²) in [6.07, 6.45) is 3.85. The molecule has 0 unspecified atom stereocenters. The zero-order valence-electron chi connectivity index (χ0n) is 15.8. The van der Waals surface area contributed by atoms with Crippen molar-refractivity contribution in [2.24, 2.45) is 0 Å². The van der Waals surface area contributed by atoms with Crippen LogP contribution in [0.2, 0.25) is 0 Å². The fourth-order valence-corrected chi connectivity index (χ4v) is 3.34. The predicted molar refractivity (Wildman–Crippen MR) is 104 cm³/mol. The zero-order chi connectivity index (χ0) is 18.5. The van der Waals surface area contributed by atoms with Crippen molar-refractivity contribution in [3.05, 3.63) is 54.2 Å². The molecule has 5 heteroatoms. The number of likely N-dealkylation sites (tertiary alicyclic amines) is 1. The second-order valence-corrected chi connectivity index (χ2v) is 7.01. The van der Waals surface area contributed by atoms with Crippen molar-refractivity contribution in [1.29, 1.82) is 0 Å². The third-order valence-corrected chi connectivity index (χ3v) is 4.78. The maximum Gasteiger partial charge on any atom is 0.253 e. The molecule has 0 spiro atoms. The smallest absolute Gasteiger partial charge is 0.253 e. The molecule has 1 aliphatic heterocycles. The summed E-state index contributed by atoms with van der Waals surface area (Å²) in [5.74, 6) is 1.88. The van der Waals surface area contributed by atoms with Crippen LogP contribution in [0.15, 0.2) is 48.7 Å². The van der Waals surface area contributed by atoms with Crippen LogP contribution in [-0.2, 0) is 0 Å². The largest absolute Gasteiger partial charge is 0.491 e. The Morgan fingerprint density at radius 1 is 1.15 bits per heavy atom. The Labute approximate surface area is 155 Å². The van der Waals surface area contributed by atoms with Crippen molar-refractivity contribution in [3.63, 3.8) is 0 Å². The van der Waals surface area contributed by atoms with E-state index in [-0.39, 0.29) is 12.0 Å². The first kappa shape index (κ1) is 18.2. The lowest BCUT2D eigenvalue weighted by molar-refractivity contribution is 0.0713. The molecule has 0 saturated carbocycles. The Kier molecular flexibility index (Phi) is 5.76. The Morgan fingerprint density at radius 3 is 2.42 bits per heavy atom. The number of piperidine rings is 1. The summed E-state index contributed by atoms with van der Waals surface area (Å²) in [5.41, 5.74) is 0.720. The number of nitrogens with zero attached hydrogens (tertiary/aromatic N) is 3. The molecular weight excluding hydrogens is 326 g/mol. The summed E-state index contributed by atoms with van der Waals surface area (Å²) in [6.45, 7) is 5.52. The highest BCUT2D eigenvalue weighted by molar-refractivity contribution is 5.94. The first-order chi connectivity index (χ1) is 12.5. The van der Waals surface area contributed by atoms with Gasteiger partial charge in [-0.15, -0.1) is 0 Å². The lowest BCUT2D eigenvalue weighted by atomic mass is 10.0. The van der Waals surface area contributed by atoms with E-state index in [4.69, 9.17) is 4.74 Å². The third kappa shape index (κ3) is 4.34. The van der Waals surface area contributed by atoms with Gasteiger partial charge in [-0.25, -0.2) is 4.98 Å². The molecule has 1 amide bonds. The van der Waals surface area contributed by atoms with E-state index in [1.165, 1.54) is 0 Å². The van der Waals surface area contributed by atoms with E-state index in [1.807, 2.05) is 67.4 Å². The molecule has 5 nitrogen and oxygen atoms in total. The molecule has 1 fully saturated rings. The number of anilines is 1. The van der Waals surface area contributed by atoms with Gasteiger partial charge >= 0.3 is 0 Å². The van der Waals surface area contributed by atoms with Gasteiger partial charge in [0.15, 0.2) is 0 Å². The normalized spacial score (nSPS) is 15.2. The van der Waals surface area contributed by atoms with Gasteiger partial charge in [-0.2, -0.15) is 0 Å². The van der Waals surface area contributed by atoms with E-state index < -0.39 is 0 Å². The van der Waals surface area contributed by atoms with Crippen LogP contribution in [0.25, 0.3) is 0 Å². The van der Waals surface area contributed by atoms with Crippen LogP contribution in [0.3, 0.4) is 0 Å². The zero-order valence-corrected chi connectivity index (χ0v) is 15.8. The second kappa shape index (κ2) is 8.21. The first-order valence-electron chi connectivity index (χ1n) is 9.24. The summed E-state index contributed by atoms with van der Waals surface area (Å²) in [5, 5.41) is 0. The molecule has 26 heavy (non-hydrogen) atoms. The molecule has 0 atom stereocenters. The van der Waals surface area contributed by atoms with Crippen LogP contribution in [0.5, 0.6) is 5.75 Å². The van der Waals surface area contributed by atoms with Crippen LogP contribution in [0, 0.1) is 0 Å². The molecule has 0 N–H and O–H groups in total.